The lowest BCUT2D eigenvalue weighted by atomic mass is 10.1. The van der Waals surface area contributed by atoms with E-state index < -0.39 is 18.0 Å². The molecule has 0 saturated heterocycles. The van der Waals surface area contributed by atoms with E-state index in [9.17, 15) is 14.4 Å². The summed E-state index contributed by atoms with van der Waals surface area (Å²) in [5.41, 5.74) is 0.499. The molecule has 0 aliphatic carbocycles. The molecular weight excluding hydrogens is 364 g/mol. The minimum Gasteiger partial charge on any atom is -0.482 e. The fraction of sp³-hybridized carbons (Fsp3) is 0.350. The molecule has 2 aromatic rings. The highest BCUT2D eigenvalue weighted by Gasteiger charge is 2.31. The van der Waals surface area contributed by atoms with Gasteiger partial charge in [-0.2, -0.15) is 0 Å². The maximum Gasteiger partial charge on any atom is 0.326 e. The van der Waals surface area contributed by atoms with E-state index in [0.29, 0.717) is 17.2 Å². The van der Waals surface area contributed by atoms with Gasteiger partial charge in [-0.25, -0.2) is 0 Å². The molecule has 1 atom stereocenters. The molecule has 2 amide bonds. The predicted octanol–water partition coefficient (Wildman–Crippen LogP) is 1.89. The number of esters is 1. The summed E-state index contributed by atoms with van der Waals surface area (Å²) in [6, 6.07) is 10.4. The Hall–Kier alpha value is -3.29. The van der Waals surface area contributed by atoms with Crippen molar-refractivity contribution in [2.45, 2.75) is 26.5 Å². The second-order valence-corrected chi connectivity index (χ2v) is 6.69. The van der Waals surface area contributed by atoms with Gasteiger partial charge in [0.2, 0.25) is 0 Å². The third-order valence-electron chi connectivity index (χ3n) is 4.23. The molecule has 148 valence electrons. The Kier molecular flexibility index (Phi) is 5.98. The molecule has 0 saturated carbocycles. The molecule has 0 bridgehead atoms. The molecular formula is C20H22N2O6. The van der Waals surface area contributed by atoms with Crippen molar-refractivity contribution in [2.75, 3.05) is 18.1 Å². The van der Waals surface area contributed by atoms with E-state index >= 15 is 0 Å². The number of carbonyl (C=O) groups is 3. The van der Waals surface area contributed by atoms with Crippen molar-refractivity contribution >= 4 is 23.5 Å². The van der Waals surface area contributed by atoms with E-state index in [2.05, 4.69) is 5.32 Å². The van der Waals surface area contributed by atoms with Gasteiger partial charge in [0, 0.05) is 0 Å². The van der Waals surface area contributed by atoms with E-state index in [1.165, 1.54) is 11.2 Å². The summed E-state index contributed by atoms with van der Waals surface area (Å²) in [5.74, 6) is -0.568. The highest BCUT2D eigenvalue weighted by molar-refractivity contribution is 6.01. The summed E-state index contributed by atoms with van der Waals surface area (Å²) in [7, 11) is 0. The number of hydrogen-bond donors (Lipinski definition) is 1. The molecule has 1 aromatic carbocycles. The summed E-state index contributed by atoms with van der Waals surface area (Å²) in [6.45, 7) is 3.30. The van der Waals surface area contributed by atoms with Gasteiger partial charge in [-0.15, -0.1) is 0 Å². The zero-order valence-electron chi connectivity index (χ0n) is 15.7. The fourth-order valence-corrected chi connectivity index (χ4v) is 2.82. The van der Waals surface area contributed by atoms with E-state index in [-0.39, 0.29) is 31.5 Å². The van der Waals surface area contributed by atoms with Crippen LogP contribution < -0.4 is 15.0 Å². The lowest BCUT2D eigenvalue weighted by Gasteiger charge is -2.29. The van der Waals surface area contributed by atoms with Crippen LogP contribution in [0.25, 0.3) is 0 Å². The summed E-state index contributed by atoms with van der Waals surface area (Å²) >= 11 is 0. The molecule has 1 N–H and O–H groups in total. The normalized spacial score (nSPS) is 14.2. The zero-order valence-corrected chi connectivity index (χ0v) is 15.7. The van der Waals surface area contributed by atoms with Gasteiger partial charge in [0.15, 0.2) is 12.7 Å². The van der Waals surface area contributed by atoms with Crippen molar-refractivity contribution in [2.24, 2.45) is 5.92 Å². The fourth-order valence-electron chi connectivity index (χ4n) is 2.82. The van der Waals surface area contributed by atoms with Gasteiger partial charge in [-0.05, 0) is 30.2 Å². The average Bonchev–Trinajstić information content (AvgIpc) is 3.20. The van der Waals surface area contributed by atoms with E-state index in [0.717, 1.165) is 0 Å². The molecule has 1 aromatic heterocycles. The molecule has 0 fully saturated rings. The van der Waals surface area contributed by atoms with Crippen LogP contribution in [0.1, 0.15) is 19.6 Å². The average molecular weight is 386 g/mol. The van der Waals surface area contributed by atoms with Gasteiger partial charge >= 0.3 is 5.97 Å². The predicted molar refractivity (Wildman–Crippen MR) is 99.6 cm³/mol. The Balaban J connectivity index is 1.63. The summed E-state index contributed by atoms with van der Waals surface area (Å²) in [6.07, 6.45) is 0.535. The van der Waals surface area contributed by atoms with E-state index in [1.807, 2.05) is 0 Å². The molecule has 1 aliphatic heterocycles. The number of amides is 2. The van der Waals surface area contributed by atoms with E-state index in [4.69, 9.17) is 13.9 Å². The number of benzene rings is 1. The first-order valence-electron chi connectivity index (χ1n) is 8.97. The van der Waals surface area contributed by atoms with Crippen molar-refractivity contribution in [3.63, 3.8) is 0 Å². The van der Waals surface area contributed by atoms with Gasteiger partial charge < -0.3 is 19.2 Å². The van der Waals surface area contributed by atoms with Crippen molar-refractivity contribution in [3.8, 4) is 5.75 Å². The first kappa shape index (κ1) is 19.5. The number of hydrogen-bond acceptors (Lipinski definition) is 6. The van der Waals surface area contributed by atoms with Crippen LogP contribution in [0.15, 0.2) is 47.1 Å². The van der Waals surface area contributed by atoms with Crippen LogP contribution in [0.3, 0.4) is 0 Å². The van der Waals surface area contributed by atoms with Crippen molar-refractivity contribution in [1.29, 1.82) is 0 Å². The molecule has 3 rings (SSSR count). The number of nitrogens with zero attached hydrogens (tertiary/aromatic N) is 1. The smallest absolute Gasteiger partial charge is 0.326 e. The first-order valence-corrected chi connectivity index (χ1v) is 8.97. The van der Waals surface area contributed by atoms with Crippen molar-refractivity contribution < 1.29 is 28.3 Å². The number of para-hydroxylation sites is 2. The number of anilines is 1. The monoisotopic (exact) mass is 386 g/mol. The van der Waals surface area contributed by atoms with Gasteiger partial charge in [-0.3, -0.25) is 19.3 Å². The van der Waals surface area contributed by atoms with Crippen LogP contribution in [0, 0.1) is 5.92 Å². The van der Waals surface area contributed by atoms with Crippen LogP contribution in [-0.4, -0.2) is 37.0 Å². The van der Waals surface area contributed by atoms with Crippen LogP contribution >= 0.6 is 0 Å². The quantitative estimate of drug-likeness (QED) is 0.730. The Labute approximate surface area is 162 Å². The second-order valence-electron chi connectivity index (χ2n) is 6.69. The SMILES string of the molecule is CC(C)C(OC(=O)CN1C(=O)COc2ccccc21)C(=O)NCc1ccco1. The molecule has 1 aliphatic rings. The molecule has 2 heterocycles. The van der Waals surface area contributed by atoms with Gasteiger partial charge in [0.25, 0.3) is 11.8 Å². The second kappa shape index (κ2) is 8.60. The number of ether oxygens (including phenoxy) is 2. The highest BCUT2D eigenvalue weighted by Crippen LogP contribution is 2.31. The van der Waals surface area contributed by atoms with Crippen molar-refractivity contribution in [1.82, 2.24) is 5.32 Å². The van der Waals surface area contributed by atoms with Gasteiger partial charge in [-0.1, -0.05) is 26.0 Å². The van der Waals surface area contributed by atoms with Gasteiger partial charge in [0.1, 0.15) is 18.1 Å². The third kappa shape index (κ3) is 4.51. The number of furan rings is 1. The van der Waals surface area contributed by atoms with Crippen LogP contribution in [0.2, 0.25) is 0 Å². The number of carbonyl (C=O) groups excluding carboxylic acids is 3. The maximum atomic E-state index is 12.5. The Morgan fingerprint density at radius 2 is 2.00 bits per heavy atom. The van der Waals surface area contributed by atoms with Crippen LogP contribution in [0.5, 0.6) is 5.75 Å². The molecule has 1 unspecified atom stereocenters. The Morgan fingerprint density at radius 3 is 2.71 bits per heavy atom. The first-order chi connectivity index (χ1) is 13.5. The topological polar surface area (TPSA) is 98.1 Å². The summed E-state index contributed by atoms with van der Waals surface area (Å²) < 4.78 is 15.9. The number of fused-ring (bicyclic) bond motifs is 1. The van der Waals surface area contributed by atoms with Crippen LogP contribution in [-0.2, 0) is 25.7 Å². The molecule has 28 heavy (non-hydrogen) atoms. The summed E-state index contributed by atoms with van der Waals surface area (Å²) in [4.78, 5) is 38.4. The number of rotatable bonds is 7. The van der Waals surface area contributed by atoms with Crippen molar-refractivity contribution in [3.05, 3.63) is 48.4 Å². The van der Waals surface area contributed by atoms with E-state index in [1.54, 1.807) is 50.2 Å². The largest absolute Gasteiger partial charge is 0.482 e. The van der Waals surface area contributed by atoms with Gasteiger partial charge in [0.05, 0.1) is 18.5 Å². The third-order valence-corrected chi connectivity index (χ3v) is 4.23. The molecule has 0 spiro atoms. The standard InChI is InChI=1S/C20H22N2O6/c1-13(2)19(20(25)21-10-14-6-5-9-26-14)28-18(24)11-22-15-7-3-4-8-16(15)27-12-17(22)23/h3-9,13,19H,10-12H2,1-2H3,(H,21,25). The lowest BCUT2D eigenvalue weighted by molar-refractivity contribution is -0.157. The summed E-state index contributed by atoms with van der Waals surface area (Å²) in [5, 5.41) is 2.69. The van der Waals surface area contributed by atoms with Crippen LogP contribution in [0.4, 0.5) is 5.69 Å². The molecule has 0 radical (unpaired) electrons. The number of nitrogens with one attached hydrogen (secondary N) is 1. The zero-order chi connectivity index (χ0) is 20.1. The maximum absolute atomic E-state index is 12.5. The minimum atomic E-state index is -0.978. The lowest BCUT2D eigenvalue weighted by Crippen LogP contribution is -2.45. The highest BCUT2D eigenvalue weighted by atomic mass is 16.5. The Morgan fingerprint density at radius 1 is 1.21 bits per heavy atom. The Bertz CT molecular complexity index is 846. The molecule has 8 nitrogen and oxygen atoms in total. The minimum absolute atomic E-state index is 0.151. The molecule has 8 heteroatoms.